The predicted octanol–water partition coefficient (Wildman–Crippen LogP) is 6.45. The Balaban J connectivity index is 1.29. The highest BCUT2D eigenvalue weighted by Gasteiger charge is 2.16. The molecule has 0 spiro atoms. The topological polar surface area (TPSA) is 119 Å². The zero-order chi connectivity index (χ0) is 30.9. The van der Waals surface area contributed by atoms with Gasteiger partial charge < -0.3 is 25.4 Å². The van der Waals surface area contributed by atoms with E-state index in [0.29, 0.717) is 33.4 Å². The molecule has 0 radical (unpaired) electrons. The van der Waals surface area contributed by atoms with Crippen LogP contribution in [0.4, 0.5) is 10.8 Å². The van der Waals surface area contributed by atoms with Crippen molar-refractivity contribution in [1.82, 2.24) is 10.3 Å². The number of amides is 3. The average Bonchev–Trinajstić information content (AvgIpc) is 3.46. The number of nitrogens with zero attached hydrogens (tertiary/aromatic N) is 1. The first-order valence-corrected chi connectivity index (χ1v) is 15.2. The van der Waals surface area contributed by atoms with Crippen molar-refractivity contribution in [2.45, 2.75) is 4.90 Å². The van der Waals surface area contributed by atoms with Gasteiger partial charge in [-0.1, -0.05) is 53.8 Å². The van der Waals surface area contributed by atoms with E-state index in [9.17, 15) is 14.4 Å². The van der Waals surface area contributed by atoms with Gasteiger partial charge in [-0.05, 0) is 66.2 Å². The quantitative estimate of drug-likeness (QED) is 0.114. The number of hydrogen-bond donors (Lipinski definition) is 3. The predicted molar refractivity (Wildman–Crippen MR) is 175 cm³/mol. The fourth-order valence-corrected chi connectivity index (χ4v) is 5.78. The van der Waals surface area contributed by atoms with Crippen molar-refractivity contribution < 1.29 is 23.9 Å². The van der Waals surface area contributed by atoms with E-state index >= 15 is 0 Å². The summed E-state index contributed by atoms with van der Waals surface area (Å²) in [5.74, 6) is 0.0209. The van der Waals surface area contributed by atoms with Gasteiger partial charge in [0.2, 0.25) is 5.91 Å². The minimum absolute atomic E-state index is 0.0272. The molecule has 0 aliphatic heterocycles. The number of anilines is 2. The normalized spacial score (nSPS) is 11.1. The number of ether oxygens (including phenoxy) is 2. The molecule has 0 fully saturated rings. The van der Waals surface area contributed by atoms with Crippen molar-refractivity contribution >= 4 is 67.9 Å². The Bertz CT molecular complexity index is 1810. The lowest BCUT2D eigenvalue weighted by atomic mass is 10.1. The number of nitrogens with one attached hydrogen (secondary N) is 3. The van der Waals surface area contributed by atoms with Gasteiger partial charge in [0.25, 0.3) is 11.8 Å². The molecule has 3 amide bonds. The van der Waals surface area contributed by atoms with E-state index in [4.69, 9.17) is 9.47 Å². The molecule has 5 aromatic rings. The van der Waals surface area contributed by atoms with Gasteiger partial charge in [0.15, 0.2) is 16.6 Å². The van der Waals surface area contributed by atoms with Gasteiger partial charge in [0, 0.05) is 16.1 Å². The first-order chi connectivity index (χ1) is 21.4. The van der Waals surface area contributed by atoms with Crippen molar-refractivity contribution in [3.8, 4) is 11.5 Å². The molecular formula is C33H28N4O5S2. The minimum atomic E-state index is -0.528. The molecule has 5 rings (SSSR count). The molecule has 0 bridgehead atoms. The summed E-state index contributed by atoms with van der Waals surface area (Å²) in [6.07, 6.45) is 1.56. The van der Waals surface area contributed by atoms with Crippen LogP contribution in [0.1, 0.15) is 15.9 Å². The number of benzene rings is 4. The van der Waals surface area contributed by atoms with Crippen LogP contribution in [-0.2, 0) is 9.59 Å². The number of rotatable bonds is 11. The van der Waals surface area contributed by atoms with Gasteiger partial charge in [-0.3, -0.25) is 14.4 Å². The lowest BCUT2D eigenvalue weighted by Gasteiger charge is -2.13. The molecule has 11 heteroatoms. The van der Waals surface area contributed by atoms with Gasteiger partial charge in [-0.2, -0.15) is 0 Å². The van der Waals surface area contributed by atoms with Crippen molar-refractivity contribution in [2.75, 3.05) is 30.6 Å². The first-order valence-electron chi connectivity index (χ1n) is 13.4. The molecule has 0 saturated carbocycles. The second-order valence-electron chi connectivity index (χ2n) is 9.30. The summed E-state index contributed by atoms with van der Waals surface area (Å²) in [5, 5.41) is 8.98. The second kappa shape index (κ2) is 14.4. The molecule has 0 aliphatic carbocycles. The molecule has 0 atom stereocenters. The van der Waals surface area contributed by atoms with E-state index in [1.807, 2.05) is 30.3 Å². The van der Waals surface area contributed by atoms with Gasteiger partial charge in [-0.15, -0.1) is 11.8 Å². The Morgan fingerprint density at radius 1 is 0.841 bits per heavy atom. The molecule has 222 valence electrons. The monoisotopic (exact) mass is 624 g/mol. The smallest absolute Gasteiger partial charge is 0.272 e. The maximum absolute atomic E-state index is 13.5. The van der Waals surface area contributed by atoms with Crippen molar-refractivity contribution in [3.63, 3.8) is 0 Å². The molecule has 44 heavy (non-hydrogen) atoms. The second-order valence-corrected chi connectivity index (χ2v) is 11.4. The molecule has 4 aromatic carbocycles. The van der Waals surface area contributed by atoms with Crippen LogP contribution in [0, 0.1) is 0 Å². The minimum Gasteiger partial charge on any atom is -0.493 e. The molecule has 9 nitrogen and oxygen atoms in total. The van der Waals surface area contributed by atoms with Gasteiger partial charge in [0.1, 0.15) is 5.70 Å². The fraction of sp³-hybridized carbons (Fsp3) is 0.0909. The lowest BCUT2D eigenvalue weighted by Crippen LogP contribution is -2.30. The van der Waals surface area contributed by atoms with Crippen LogP contribution < -0.4 is 25.4 Å². The zero-order valence-electron chi connectivity index (χ0n) is 23.8. The van der Waals surface area contributed by atoms with Gasteiger partial charge in [0.05, 0.1) is 30.2 Å². The molecule has 0 aliphatic rings. The van der Waals surface area contributed by atoms with Crippen LogP contribution in [0.3, 0.4) is 0 Å². The third-order valence-corrected chi connectivity index (χ3v) is 8.20. The highest BCUT2D eigenvalue weighted by Crippen LogP contribution is 2.29. The zero-order valence-corrected chi connectivity index (χ0v) is 25.5. The summed E-state index contributed by atoms with van der Waals surface area (Å²) < 4.78 is 11.7. The number of fused-ring (bicyclic) bond motifs is 1. The molecule has 3 N–H and O–H groups in total. The number of methoxy groups -OCH3 is 2. The van der Waals surface area contributed by atoms with E-state index in [0.717, 1.165) is 15.1 Å². The third kappa shape index (κ3) is 7.82. The number of carbonyl (C=O) groups is 3. The van der Waals surface area contributed by atoms with Crippen LogP contribution >= 0.6 is 23.1 Å². The summed E-state index contributed by atoms with van der Waals surface area (Å²) >= 11 is 2.74. The van der Waals surface area contributed by atoms with E-state index in [-0.39, 0.29) is 17.4 Å². The highest BCUT2D eigenvalue weighted by molar-refractivity contribution is 8.00. The van der Waals surface area contributed by atoms with Crippen LogP contribution in [-0.4, -0.2) is 42.7 Å². The number of aromatic nitrogens is 1. The van der Waals surface area contributed by atoms with Crippen molar-refractivity contribution in [1.29, 1.82) is 0 Å². The summed E-state index contributed by atoms with van der Waals surface area (Å²) in [7, 11) is 3.06. The maximum atomic E-state index is 13.5. The van der Waals surface area contributed by atoms with Gasteiger partial charge >= 0.3 is 0 Å². The van der Waals surface area contributed by atoms with Gasteiger partial charge in [-0.25, -0.2) is 4.98 Å². The molecule has 0 saturated heterocycles. The van der Waals surface area contributed by atoms with Crippen LogP contribution in [0.2, 0.25) is 0 Å². The van der Waals surface area contributed by atoms with Crippen LogP contribution in [0.15, 0.2) is 108 Å². The number of carbonyl (C=O) groups excluding carboxylic acids is 3. The van der Waals surface area contributed by atoms with Crippen molar-refractivity contribution in [3.05, 3.63) is 114 Å². The number of hydrogen-bond acceptors (Lipinski definition) is 8. The molecule has 1 aromatic heterocycles. The van der Waals surface area contributed by atoms with E-state index in [2.05, 4.69) is 20.9 Å². The number of thiazole rings is 1. The number of para-hydroxylation sites is 1. The van der Waals surface area contributed by atoms with Crippen LogP contribution in [0.5, 0.6) is 11.5 Å². The summed E-state index contributed by atoms with van der Waals surface area (Å²) in [6, 6.07) is 28.6. The summed E-state index contributed by atoms with van der Waals surface area (Å²) in [6.45, 7) is 0. The standard InChI is InChI=1S/C33H28N4O5S2/c1-41-27-16-15-21(18-28(27)42-2)17-26(35-31(39)22-9-4-3-5-10-22)32(40)34-23-11-8-12-24(19-23)43-20-30(38)37-33-36-25-13-6-7-14-29(25)44-33/h3-19H,20H2,1-2H3,(H,34,40)(H,35,39)(H,36,37,38)/b26-17+. The highest BCUT2D eigenvalue weighted by atomic mass is 32.2. The van der Waals surface area contributed by atoms with E-state index < -0.39 is 11.8 Å². The Hall–Kier alpha value is -5.13. The average molecular weight is 625 g/mol. The van der Waals surface area contributed by atoms with E-state index in [1.165, 1.54) is 37.3 Å². The Labute approximate surface area is 262 Å². The molecular weight excluding hydrogens is 597 g/mol. The Morgan fingerprint density at radius 2 is 1.61 bits per heavy atom. The maximum Gasteiger partial charge on any atom is 0.272 e. The van der Waals surface area contributed by atoms with E-state index in [1.54, 1.807) is 72.8 Å². The van der Waals surface area contributed by atoms with Crippen LogP contribution in [0.25, 0.3) is 16.3 Å². The Morgan fingerprint density at radius 3 is 2.39 bits per heavy atom. The molecule has 1 heterocycles. The largest absolute Gasteiger partial charge is 0.493 e. The molecule has 0 unspecified atom stereocenters. The summed E-state index contributed by atoms with van der Waals surface area (Å²) in [5.41, 5.74) is 2.38. The SMILES string of the molecule is COc1ccc(/C=C(/NC(=O)c2ccccc2)C(=O)Nc2cccc(SCC(=O)Nc3nc4ccccc4s3)c2)cc1OC. The third-order valence-electron chi connectivity index (χ3n) is 6.25. The number of thioether (sulfide) groups is 1. The first kappa shape index (κ1) is 30.3. The summed E-state index contributed by atoms with van der Waals surface area (Å²) in [4.78, 5) is 44.3. The Kier molecular flexibility index (Phi) is 9.90. The van der Waals surface area contributed by atoms with Crippen molar-refractivity contribution in [2.24, 2.45) is 0 Å². The fourth-order valence-electron chi connectivity index (χ4n) is 4.14. The lowest BCUT2D eigenvalue weighted by molar-refractivity contribution is -0.114.